The van der Waals surface area contributed by atoms with E-state index in [1.54, 1.807) is 0 Å². The van der Waals surface area contributed by atoms with Gasteiger partial charge in [0.25, 0.3) is 0 Å². The third-order valence-corrected chi connectivity index (χ3v) is 4.30. The number of fused-ring (bicyclic) bond motifs is 3. The fourth-order valence-electron chi connectivity index (χ4n) is 3.32. The first kappa shape index (κ1) is 14.5. The van der Waals surface area contributed by atoms with Crippen LogP contribution in [0.1, 0.15) is 12.1 Å². The Morgan fingerprint density at radius 3 is 3.00 bits per heavy atom. The minimum absolute atomic E-state index is 0.189. The van der Waals surface area contributed by atoms with Crippen molar-refractivity contribution in [1.82, 2.24) is 19.6 Å². The largest absolute Gasteiger partial charge is 0.379 e. The highest BCUT2D eigenvalue weighted by atomic mass is 16.5. The fourth-order valence-corrected chi connectivity index (χ4v) is 3.32. The van der Waals surface area contributed by atoms with E-state index in [4.69, 9.17) is 4.74 Å². The zero-order valence-electron chi connectivity index (χ0n) is 12.9. The lowest BCUT2D eigenvalue weighted by atomic mass is 10.1. The zero-order chi connectivity index (χ0) is 14.8. The molecule has 116 valence electrons. The van der Waals surface area contributed by atoms with Gasteiger partial charge in [-0.05, 0) is 20.0 Å². The van der Waals surface area contributed by atoms with Gasteiger partial charge in [0.1, 0.15) is 0 Å². The van der Waals surface area contributed by atoms with Crippen LogP contribution in [-0.2, 0) is 16.1 Å². The Labute approximate surface area is 125 Å². The summed E-state index contributed by atoms with van der Waals surface area (Å²) in [5.74, 6) is 0.650. The monoisotopic (exact) mass is 292 g/mol. The summed E-state index contributed by atoms with van der Waals surface area (Å²) in [6, 6.07) is 2.15. The predicted octanol–water partition coefficient (Wildman–Crippen LogP) is 0.371. The van der Waals surface area contributed by atoms with Gasteiger partial charge in [0, 0.05) is 44.7 Å². The van der Waals surface area contributed by atoms with Crippen molar-refractivity contribution in [3.05, 3.63) is 18.0 Å². The fraction of sp³-hybridized carbons (Fsp3) is 0.733. The molecule has 1 aromatic heterocycles. The normalized spacial score (nSPS) is 26.7. The number of carbonyl (C=O) groups excluding carboxylic acids is 1. The maximum absolute atomic E-state index is 12.6. The van der Waals surface area contributed by atoms with Crippen LogP contribution in [0, 0.1) is 12.8 Å². The molecule has 6 heteroatoms. The lowest BCUT2D eigenvalue weighted by molar-refractivity contribution is -0.134. The zero-order valence-corrected chi connectivity index (χ0v) is 12.9. The Bertz CT molecular complexity index is 502. The molecule has 0 saturated carbocycles. The Balaban J connectivity index is 1.63. The summed E-state index contributed by atoms with van der Waals surface area (Å²) >= 11 is 0. The van der Waals surface area contributed by atoms with Crippen molar-refractivity contribution >= 4 is 5.91 Å². The Morgan fingerprint density at radius 2 is 2.24 bits per heavy atom. The summed E-state index contributed by atoms with van der Waals surface area (Å²) in [5, 5.41) is 4.34. The summed E-state index contributed by atoms with van der Waals surface area (Å²) in [4.78, 5) is 17.0. The van der Waals surface area contributed by atoms with Crippen LogP contribution < -0.4 is 0 Å². The molecule has 0 aromatic carbocycles. The molecule has 0 unspecified atom stereocenters. The molecule has 0 aliphatic carbocycles. The van der Waals surface area contributed by atoms with E-state index in [2.05, 4.69) is 17.0 Å². The number of amides is 1. The maximum Gasteiger partial charge on any atom is 0.224 e. The number of aromatic nitrogens is 2. The molecule has 0 spiro atoms. The average molecular weight is 292 g/mol. The van der Waals surface area contributed by atoms with Crippen LogP contribution >= 0.6 is 0 Å². The minimum Gasteiger partial charge on any atom is -0.379 e. The van der Waals surface area contributed by atoms with Crippen LogP contribution in [0.15, 0.2) is 12.3 Å². The van der Waals surface area contributed by atoms with Crippen molar-refractivity contribution in [3.63, 3.8) is 0 Å². The number of ether oxygens (including phenoxy) is 1. The number of hydrogen-bond donors (Lipinski definition) is 0. The standard InChI is InChI=1S/C15H24N4O2/c1-12-3-5-18(16-12)6-4-15(20)19-8-13-7-17(2)9-14(19)11-21-10-13/h3,5,13-14H,4,6-11H2,1-2H3/t13-,14-/m0/s1. The van der Waals surface area contributed by atoms with E-state index in [-0.39, 0.29) is 11.9 Å². The summed E-state index contributed by atoms with van der Waals surface area (Å²) in [6.07, 6.45) is 2.44. The molecule has 0 N–H and O–H groups in total. The highest BCUT2D eigenvalue weighted by Gasteiger charge is 2.34. The first-order valence-electron chi connectivity index (χ1n) is 7.67. The van der Waals surface area contributed by atoms with E-state index >= 15 is 0 Å². The minimum atomic E-state index is 0.189. The third kappa shape index (κ3) is 3.44. The quantitative estimate of drug-likeness (QED) is 0.808. The SMILES string of the molecule is Cc1ccn(CCC(=O)N2C[C@H]3COC[C@@H]2CN(C)C3)n1. The molecule has 3 heterocycles. The van der Waals surface area contributed by atoms with Crippen molar-refractivity contribution in [2.75, 3.05) is 39.9 Å². The van der Waals surface area contributed by atoms with Crippen LogP contribution in [0.25, 0.3) is 0 Å². The average Bonchev–Trinajstić information content (AvgIpc) is 2.65. The van der Waals surface area contributed by atoms with Crippen molar-refractivity contribution in [2.45, 2.75) is 25.9 Å². The van der Waals surface area contributed by atoms with E-state index in [0.29, 0.717) is 25.5 Å². The molecule has 1 amide bonds. The molecule has 0 radical (unpaired) electrons. The summed E-state index contributed by atoms with van der Waals surface area (Å²) < 4.78 is 7.57. The van der Waals surface area contributed by atoms with E-state index in [9.17, 15) is 4.79 Å². The molecule has 2 bridgehead atoms. The highest BCUT2D eigenvalue weighted by Crippen LogP contribution is 2.19. The molecule has 21 heavy (non-hydrogen) atoms. The van der Waals surface area contributed by atoms with Gasteiger partial charge < -0.3 is 14.5 Å². The molecule has 1 aromatic rings. The van der Waals surface area contributed by atoms with Gasteiger partial charge in [-0.2, -0.15) is 5.10 Å². The van der Waals surface area contributed by atoms with E-state index in [1.807, 2.05) is 28.8 Å². The van der Waals surface area contributed by atoms with E-state index in [0.717, 1.165) is 31.9 Å². The number of nitrogens with zero attached hydrogens (tertiary/aromatic N) is 4. The van der Waals surface area contributed by atoms with Gasteiger partial charge in [0.05, 0.1) is 24.9 Å². The molecular weight excluding hydrogens is 268 g/mol. The van der Waals surface area contributed by atoms with Gasteiger partial charge in [-0.15, -0.1) is 0 Å². The maximum atomic E-state index is 12.6. The van der Waals surface area contributed by atoms with E-state index < -0.39 is 0 Å². The van der Waals surface area contributed by atoms with Gasteiger partial charge >= 0.3 is 0 Å². The number of hydrogen-bond acceptors (Lipinski definition) is 4. The smallest absolute Gasteiger partial charge is 0.224 e. The number of rotatable bonds is 3. The topological polar surface area (TPSA) is 50.6 Å². The summed E-state index contributed by atoms with van der Waals surface area (Å²) in [6.45, 7) is 6.78. The molecule has 2 atom stereocenters. The van der Waals surface area contributed by atoms with Crippen LogP contribution in [0.3, 0.4) is 0 Å². The first-order chi connectivity index (χ1) is 10.1. The number of carbonyl (C=O) groups is 1. The van der Waals surface area contributed by atoms with Gasteiger partial charge in [-0.1, -0.05) is 0 Å². The summed E-state index contributed by atoms with van der Waals surface area (Å²) in [5.41, 5.74) is 0.989. The molecule has 2 fully saturated rings. The lowest BCUT2D eigenvalue weighted by Gasteiger charge is -2.29. The Morgan fingerprint density at radius 1 is 1.38 bits per heavy atom. The molecule has 6 nitrogen and oxygen atoms in total. The predicted molar refractivity (Wildman–Crippen MR) is 78.9 cm³/mol. The van der Waals surface area contributed by atoms with Crippen molar-refractivity contribution in [1.29, 1.82) is 0 Å². The van der Waals surface area contributed by atoms with E-state index in [1.165, 1.54) is 0 Å². The molecule has 2 aliphatic heterocycles. The first-order valence-corrected chi connectivity index (χ1v) is 7.67. The lowest BCUT2D eigenvalue weighted by Crippen LogP contribution is -2.46. The van der Waals surface area contributed by atoms with Gasteiger partial charge in [0.2, 0.25) is 5.91 Å². The Hall–Kier alpha value is -1.40. The Kier molecular flexibility index (Phi) is 4.26. The van der Waals surface area contributed by atoms with Crippen molar-refractivity contribution < 1.29 is 9.53 Å². The molecule has 3 rings (SSSR count). The van der Waals surface area contributed by atoms with Crippen LogP contribution in [0.4, 0.5) is 0 Å². The highest BCUT2D eigenvalue weighted by molar-refractivity contribution is 5.76. The van der Waals surface area contributed by atoms with Crippen LogP contribution in [0.5, 0.6) is 0 Å². The third-order valence-electron chi connectivity index (χ3n) is 4.30. The number of aryl methyl sites for hydroxylation is 2. The van der Waals surface area contributed by atoms with Crippen molar-refractivity contribution in [3.8, 4) is 0 Å². The second-order valence-electron chi connectivity index (χ2n) is 6.29. The van der Waals surface area contributed by atoms with Gasteiger partial charge in [0.15, 0.2) is 0 Å². The second-order valence-corrected chi connectivity index (χ2v) is 6.29. The van der Waals surface area contributed by atoms with Crippen LogP contribution in [-0.4, -0.2) is 71.4 Å². The second kappa shape index (κ2) is 6.15. The van der Waals surface area contributed by atoms with Gasteiger partial charge in [-0.25, -0.2) is 0 Å². The summed E-state index contributed by atoms with van der Waals surface area (Å²) in [7, 11) is 2.13. The molecule has 2 aliphatic rings. The van der Waals surface area contributed by atoms with Gasteiger partial charge in [-0.3, -0.25) is 9.48 Å². The van der Waals surface area contributed by atoms with Crippen molar-refractivity contribution in [2.24, 2.45) is 5.92 Å². The number of likely N-dealkylation sites (N-methyl/N-ethyl adjacent to an activating group) is 1. The van der Waals surface area contributed by atoms with Crippen LogP contribution in [0.2, 0.25) is 0 Å². The molecular formula is C15H24N4O2. The molecule has 2 saturated heterocycles.